The number of benzene rings is 1. The maximum atomic E-state index is 12.4. The lowest BCUT2D eigenvalue weighted by molar-refractivity contribution is -0.140. The third kappa shape index (κ3) is 4.06. The van der Waals surface area contributed by atoms with Gasteiger partial charge in [-0.1, -0.05) is 23.8 Å². The Balaban J connectivity index is 1.64. The van der Waals surface area contributed by atoms with Gasteiger partial charge in [0.25, 0.3) is 0 Å². The van der Waals surface area contributed by atoms with Crippen LogP contribution in [0.3, 0.4) is 0 Å². The number of hydrogen-bond donors (Lipinski definition) is 1. The molecule has 2 aliphatic rings. The van der Waals surface area contributed by atoms with E-state index in [0.29, 0.717) is 12.8 Å². The molecule has 3 amide bonds. The zero-order valence-electron chi connectivity index (χ0n) is 14.6. The van der Waals surface area contributed by atoms with Crippen LogP contribution in [0.2, 0.25) is 5.02 Å². The number of allylic oxidation sites excluding steroid dienone is 2. The third-order valence-corrected chi connectivity index (χ3v) is 6.24. The van der Waals surface area contributed by atoms with Crippen molar-refractivity contribution in [3.63, 3.8) is 0 Å². The second-order valence-corrected chi connectivity index (χ2v) is 9.12. The van der Waals surface area contributed by atoms with Gasteiger partial charge in [-0.3, -0.25) is 19.3 Å². The number of likely N-dealkylation sites (tertiary alicyclic amines) is 1. The highest BCUT2D eigenvalue weighted by Gasteiger charge is 2.46. The summed E-state index contributed by atoms with van der Waals surface area (Å²) < 4.78 is 23.3. The first-order valence-corrected chi connectivity index (χ1v) is 10.7. The number of hydrogen-bond acceptors (Lipinski definition) is 5. The van der Waals surface area contributed by atoms with Crippen LogP contribution in [0.1, 0.15) is 19.3 Å². The van der Waals surface area contributed by atoms with Crippen LogP contribution in [0.4, 0.5) is 5.69 Å². The SMILES string of the molecule is CS(=O)(=O)c1ccc(Cl)c(NC(=O)CCN2C(=O)[C@H]3CC=CC[C@H]3C2=O)c1. The minimum absolute atomic E-state index is 0.0140. The molecular formula is C18H19ClN2O5S. The minimum Gasteiger partial charge on any atom is -0.325 e. The average molecular weight is 411 g/mol. The summed E-state index contributed by atoms with van der Waals surface area (Å²) in [4.78, 5) is 38.2. The summed E-state index contributed by atoms with van der Waals surface area (Å²) in [5.74, 6) is -1.59. The van der Waals surface area contributed by atoms with Gasteiger partial charge >= 0.3 is 0 Å². The van der Waals surface area contributed by atoms with Crippen molar-refractivity contribution < 1.29 is 22.8 Å². The molecule has 1 aliphatic heterocycles. The van der Waals surface area contributed by atoms with Gasteiger partial charge in [0, 0.05) is 19.2 Å². The Hall–Kier alpha value is -2.19. The van der Waals surface area contributed by atoms with E-state index in [9.17, 15) is 22.8 Å². The van der Waals surface area contributed by atoms with E-state index in [4.69, 9.17) is 11.6 Å². The molecule has 1 aromatic carbocycles. The molecule has 1 N–H and O–H groups in total. The molecule has 0 saturated carbocycles. The Morgan fingerprint density at radius 1 is 1.19 bits per heavy atom. The number of nitrogens with one attached hydrogen (secondary N) is 1. The lowest BCUT2D eigenvalue weighted by atomic mass is 9.85. The monoisotopic (exact) mass is 410 g/mol. The van der Waals surface area contributed by atoms with Gasteiger partial charge in [0.15, 0.2) is 9.84 Å². The fraction of sp³-hybridized carbons (Fsp3) is 0.389. The quantitative estimate of drug-likeness (QED) is 0.591. The summed E-state index contributed by atoms with van der Waals surface area (Å²) in [6.45, 7) is -0.0140. The highest BCUT2D eigenvalue weighted by atomic mass is 35.5. The van der Waals surface area contributed by atoms with E-state index in [1.807, 2.05) is 12.2 Å². The molecule has 144 valence electrons. The van der Waals surface area contributed by atoms with Crippen molar-refractivity contribution in [1.82, 2.24) is 4.90 Å². The van der Waals surface area contributed by atoms with E-state index < -0.39 is 15.7 Å². The van der Waals surface area contributed by atoms with Crippen molar-refractivity contribution >= 4 is 44.8 Å². The van der Waals surface area contributed by atoms with Crippen LogP contribution >= 0.6 is 11.6 Å². The van der Waals surface area contributed by atoms with Gasteiger partial charge < -0.3 is 5.32 Å². The molecule has 3 rings (SSSR count). The fourth-order valence-electron chi connectivity index (χ4n) is 3.35. The van der Waals surface area contributed by atoms with Crippen LogP contribution in [-0.2, 0) is 24.2 Å². The highest BCUT2D eigenvalue weighted by molar-refractivity contribution is 7.90. The number of imide groups is 1. The van der Waals surface area contributed by atoms with Gasteiger partial charge in [-0.2, -0.15) is 0 Å². The van der Waals surface area contributed by atoms with E-state index in [-0.39, 0.29) is 52.2 Å². The molecule has 1 saturated heterocycles. The number of fused-ring (bicyclic) bond motifs is 1. The first-order valence-electron chi connectivity index (χ1n) is 8.48. The number of carbonyl (C=O) groups is 3. The molecular weight excluding hydrogens is 392 g/mol. The van der Waals surface area contributed by atoms with Crippen LogP contribution in [0.25, 0.3) is 0 Å². The number of carbonyl (C=O) groups excluding carboxylic acids is 3. The van der Waals surface area contributed by atoms with Crippen molar-refractivity contribution in [2.24, 2.45) is 11.8 Å². The van der Waals surface area contributed by atoms with Gasteiger partial charge in [0.05, 0.1) is 27.4 Å². The zero-order valence-corrected chi connectivity index (χ0v) is 16.2. The van der Waals surface area contributed by atoms with Crippen LogP contribution < -0.4 is 5.32 Å². The van der Waals surface area contributed by atoms with Crippen molar-refractivity contribution in [2.45, 2.75) is 24.2 Å². The molecule has 0 radical (unpaired) electrons. The van der Waals surface area contributed by atoms with Crippen LogP contribution in [0, 0.1) is 11.8 Å². The van der Waals surface area contributed by atoms with Gasteiger partial charge in [-0.15, -0.1) is 0 Å². The first-order chi connectivity index (χ1) is 12.7. The standard InChI is InChI=1S/C18H19ClN2O5S/c1-27(25,26)11-6-7-14(19)15(10-11)20-16(22)8-9-21-17(23)12-4-2-3-5-13(12)18(21)24/h2-3,6-7,10,12-13H,4-5,8-9H2,1H3,(H,20,22)/t12-,13+. The fourth-order valence-corrected chi connectivity index (χ4v) is 4.16. The van der Waals surface area contributed by atoms with Crippen LogP contribution in [0.5, 0.6) is 0 Å². The predicted molar refractivity (Wildman–Crippen MR) is 99.9 cm³/mol. The van der Waals surface area contributed by atoms with Crippen molar-refractivity contribution in [3.8, 4) is 0 Å². The summed E-state index contributed by atoms with van der Waals surface area (Å²) in [5, 5.41) is 2.74. The van der Waals surface area contributed by atoms with Gasteiger partial charge in [0.1, 0.15) is 0 Å². The van der Waals surface area contributed by atoms with Gasteiger partial charge in [-0.25, -0.2) is 8.42 Å². The average Bonchev–Trinajstić information content (AvgIpc) is 2.85. The van der Waals surface area contributed by atoms with Crippen LogP contribution in [-0.4, -0.2) is 43.8 Å². The van der Waals surface area contributed by atoms with Gasteiger partial charge in [-0.05, 0) is 31.0 Å². The number of halogens is 1. The molecule has 27 heavy (non-hydrogen) atoms. The number of nitrogens with zero attached hydrogens (tertiary/aromatic N) is 1. The Labute approximate surface area is 162 Å². The molecule has 7 nitrogen and oxygen atoms in total. The Morgan fingerprint density at radius 2 is 1.78 bits per heavy atom. The molecule has 0 bridgehead atoms. The molecule has 0 aromatic heterocycles. The van der Waals surface area contributed by atoms with Crippen molar-refractivity contribution in [1.29, 1.82) is 0 Å². The van der Waals surface area contributed by atoms with E-state index in [1.165, 1.54) is 18.2 Å². The minimum atomic E-state index is -3.44. The number of amides is 3. The first kappa shape index (κ1) is 19.6. The van der Waals surface area contributed by atoms with E-state index in [2.05, 4.69) is 5.32 Å². The maximum absolute atomic E-state index is 12.4. The van der Waals surface area contributed by atoms with Crippen molar-refractivity contribution in [3.05, 3.63) is 35.4 Å². The van der Waals surface area contributed by atoms with Crippen LogP contribution in [0.15, 0.2) is 35.2 Å². The molecule has 0 unspecified atom stereocenters. The third-order valence-electron chi connectivity index (χ3n) is 4.80. The lowest BCUT2D eigenvalue weighted by Crippen LogP contribution is -2.34. The van der Waals surface area contributed by atoms with E-state index >= 15 is 0 Å². The summed E-state index contributed by atoms with van der Waals surface area (Å²) in [6, 6.07) is 4.02. The summed E-state index contributed by atoms with van der Waals surface area (Å²) >= 11 is 6.01. The number of sulfone groups is 1. The second kappa shape index (κ2) is 7.44. The zero-order chi connectivity index (χ0) is 19.8. The Morgan fingerprint density at radius 3 is 2.33 bits per heavy atom. The lowest BCUT2D eigenvalue weighted by Gasteiger charge is -2.15. The smallest absolute Gasteiger partial charge is 0.233 e. The molecule has 1 heterocycles. The summed E-state index contributed by atoms with van der Waals surface area (Å²) in [7, 11) is -3.44. The van der Waals surface area contributed by atoms with E-state index in [0.717, 1.165) is 11.2 Å². The normalized spacial score (nSPS) is 22.1. The summed E-state index contributed by atoms with van der Waals surface area (Å²) in [5.41, 5.74) is 0.168. The number of anilines is 1. The molecule has 1 aromatic rings. The highest BCUT2D eigenvalue weighted by Crippen LogP contribution is 2.35. The Kier molecular flexibility index (Phi) is 5.39. The second-order valence-electron chi connectivity index (χ2n) is 6.70. The molecule has 0 spiro atoms. The molecule has 2 atom stereocenters. The Bertz CT molecular complexity index is 915. The predicted octanol–water partition coefficient (Wildman–Crippen LogP) is 2.02. The van der Waals surface area contributed by atoms with E-state index in [1.54, 1.807) is 0 Å². The maximum Gasteiger partial charge on any atom is 0.233 e. The topological polar surface area (TPSA) is 101 Å². The molecule has 1 aliphatic carbocycles. The summed E-state index contributed by atoms with van der Waals surface area (Å²) in [6.07, 6.45) is 5.86. The molecule has 1 fully saturated rings. The largest absolute Gasteiger partial charge is 0.325 e. The van der Waals surface area contributed by atoms with Gasteiger partial charge in [0.2, 0.25) is 17.7 Å². The van der Waals surface area contributed by atoms with Crippen molar-refractivity contribution in [2.75, 3.05) is 18.1 Å². The number of rotatable bonds is 5. The molecule has 9 heteroatoms.